The van der Waals surface area contributed by atoms with Crippen LogP contribution in [0.3, 0.4) is 0 Å². The fraction of sp³-hybridized carbons (Fsp3) is 0.269. The Kier molecular flexibility index (Phi) is 8.58. The third-order valence-corrected chi connectivity index (χ3v) is 8.01. The van der Waals surface area contributed by atoms with Crippen LogP contribution in [0.2, 0.25) is 0 Å². The normalized spacial score (nSPS) is 11.2. The summed E-state index contributed by atoms with van der Waals surface area (Å²) in [5.74, 6) is 1.29. The predicted octanol–water partition coefficient (Wildman–Crippen LogP) is 4.86. The molecule has 0 bridgehead atoms. The number of nitrogens with zero attached hydrogens (tertiary/aromatic N) is 1. The first kappa shape index (κ1) is 24.9. The number of thioether (sulfide) groups is 1. The van der Waals surface area contributed by atoms with Crippen molar-refractivity contribution in [1.82, 2.24) is 5.32 Å². The molecule has 7 heteroatoms. The van der Waals surface area contributed by atoms with Crippen LogP contribution in [0.25, 0.3) is 0 Å². The largest absolute Gasteiger partial charge is 0.354 e. The number of hydrogen-bond acceptors (Lipinski definition) is 4. The van der Waals surface area contributed by atoms with Crippen LogP contribution in [0.4, 0.5) is 5.69 Å². The Morgan fingerprint density at radius 2 is 1.58 bits per heavy atom. The second-order valence-corrected chi connectivity index (χ2v) is 11.0. The van der Waals surface area contributed by atoms with Crippen molar-refractivity contribution in [3.63, 3.8) is 0 Å². The second kappa shape index (κ2) is 11.4. The molecule has 33 heavy (non-hydrogen) atoms. The van der Waals surface area contributed by atoms with Crippen molar-refractivity contribution in [1.29, 1.82) is 0 Å². The van der Waals surface area contributed by atoms with E-state index in [9.17, 15) is 13.2 Å². The number of hydrogen-bond donors (Lipinski definition) is 1. The zero-order valence-corrected chi connectivity index (χ0v) is 20.9. The molecule has 0 radical (unpaired) electrons. The smallest absolute Gasteiger partial charge is 0.264 e. The highest BCUT2D eigenvalue weighted by Crippen LogP contribution is 2.27. The van der Waals surface area contributed by atoms with E-state index in [1.165, 1.54) is 15.4 Å². The highest BCUT2D eigenvalue weighted by molar-refractivity contribution is 7.98. The Bertz CT molecular complexity index is 1180. The molecule has 0 aliphatic heterocycles. The second-order valence-electron chi connectivity index (χ2n) is 8.00. The first-order valence-electron chi connectivity index (χ1n) is 10.8. The number of aryl methyl sites for hydroxylation is 3. The summed E-state index contributed by atoms with van der Waals surface area (Å²) in [6.45, 7) is 6.01. The van der Waals surface area contributed by atoms with Crippen molar-refractivity contribution in [2.45, 2.75) is 31.4 Å². The Morgan fingerprint density at radius 3 is 2.27 bits per heavy atom. The summed E-state index contributed by atoms with van der Waals surface area (Å²) in [6, 6.07) is 22.2. The minimum absolute atomic E-state index is 0.160. The molecule has 0 atom stereocenters. The quantitative estimate of drug-likeness (QED) is 0.419. The number of sulfonamides is 1. The third kappa shape index (κ3) is 6.85. The van der Waals surface area contributed by atoms with Gasteiger partial charge < -0.3 is 5.32 Å². The van der Waals surface area contributed by atoms with E-state index in [1.807, 2.05) is 26.0 Å². The van der Waals surface area contributed by atoms with E-state index in [4.69, 9.17) is 0 Å². The average molecular weight is 483 g/mol. The Labute approximate surface area is 201 Å². The molecule has 0 aromatic heterocycles. The number of amides is 1. The van der Waals surface area contributed by atoms with Gasteiger partial charge in [0, 0.05) is 18.1 Å². The van der Waals surface area contributed by atoms with Crippen molar-refractivity contribution in [2.24, 2.45) is 0 Å². The number of carbonyl (C=O) groups is 1. The van der Waals surface area contributed by atoms with Gasteiger partial charge >= 0.3 is 0 Å². The monoisotopic (exact) mass is 482 g/mol. The maximum atomic E-state index is 13.4. The van der Waals surface area contributed by atoms with E-state index >= 15 is 0 Å². The zero-order valence-electron chi connectivity index (χ0n) is 19.2. The van der Waals surface area contributed by atoms with Crippen molar-refractivity contribution in [3.8, 4) is 0 Å². The van der Waals surface area contributed by atoms with Crippen LogP contribution in [0.15, 0.2) is 77.7 Å². The van der Waals surface area contributed by atoms with E-state index in [0.717, 1.165) is 22.6 Å². The molecule has 0 unspecified atom stereocenters. The van der Waals surface area contributed by atoms with E-state index in [0.29, 0.717) is 12.2 Å². The van der Waals surface area contributed by atoms with Gasteiger partial charge in [0.05, 0.1) is 10.6 Å². The lowest BCUT2D eigenvalue weighted by atomic mass is 10.1. The predicted molar refractivity (Wildman–Crippen MR) is 137 cm³/mol. The molecule has 1 N–H and O–H groups in total. The van der Waals surface area contributed by atoms with Gasteiger partial charge in [0.1, 0.15) is 6.54 Å². The minimum Gasteiger partial charge on any atom is -0.354 e. The van der Waals surface area contributed by atoms with E-state index in [1.54, 1.807) is 48.2 Å². The summed E-state index contributed by atoms with van der Waals surface area (Å²) in [4.78, 5) is 12.9. The van der Waals surface area contributed by atoms with Gasteiger partial charge in [-0.3, -0.25) is 9.10 Å². The molecule has 0 heterocycles. The molecule has 174 valence electrons. The van der Waals surface area contributed by atoms with Crippen molar-refractivity contribution < 1.29 is 13.2 Å². The molecular weight excluding hydrogens is 452 g/mol. The Morgan fingerprint density at radius 1 is 0.909 bits per heavy atom. The topological polar surface area (TPSA) is 66.5 Å². The number of benzene rings is 3. The fourth-order valence-corrected chi connectivity index (χ4v) is 5.65. The van der Waals surface area contributed by atoms with Gasteiger partial charge in [-0.05, 0) is 55.7 Å². The van der Waals surface area contributed by atoms with Crippen molar-refractivity contribution >= 4 is 33.4 Å². The maximum Gasteiger partial charge on any atom is 0.264 e. The lowest BCUT2D eigenvalue weighted by molar-refractivity contribution is -0.119. The molecule has 0 aliphatic rings. The van der Waals surface area contributed by atoms with Crippen LogP contribution in [0, 0.1) is 20.8 Å². The molecule has 3 rings (SSSR count). The summed E-state index contributed by atoms with van der Waals surface area (Å²) >= 11 is 1.73. The molecule has 0 spiro atoms. The van der Waals surface area contributed by atoms with Gasteiger partial charge in [0.25, 0.3) is 10.0 Å². The fourth-order valence-electron chi connectivity index (χ4n) is 3.33. The summed E-state index contributed by atoms with van der Waals surface area (Å²) in [5, 5.41) is 2.87. The molecular formula is C26H30N2O3S2. The summed E-state index contributed by atoms with van der Waals surface area (Å²) in [6.07, 6.45) is 0. The molecule has 0 fully saturated rings. The van der Waals surface area contributed by atoms with Crippen LogP contribution in [0.5, 0.6) is 0 Å². The molecule has 5 nitrogen and oxygen atoms in total. The molecule has 3 aromatic carbocycles. The molecule has 1 amide bonds. The summed E-state index contributed by atoms with van der Waals surface area (Å²) in [5.41, 5.74) is 4.71. The van der Waals surface area contributed by atoms with Crippen molar-refractivity contribution in [3.05, 3.63) is 95.1 Å². The minimum atomic E-state index is -3.90. The molecule has 3 aromatic rings. The Balaban J connectivity index is 1.66. The molecule has 0 saturated heterocycles. The van der Waals surface area contributed by atoms with Gasteiger partial charge in [0.15, 0.2) is 0 Å². The summed E-state index contributed by atoms with van der Waals surface area (Å²) < 4.78 is 28.1. The van der Waals surface area contributed by atoms with Crippen LogP contribution >= 0.6 is 11.8 Å². The van der Waals surface area contributed by atoms with Crippen LogP contribution in [-0.4, -0.2) is 33.2 Å². The Hall–Kier alpha value is -2.77. The highest BCUT2D eigenvalue weighted by Gasteiger charge is 2.28. The number of rotatable bonds is 10. The standard InChI is InChI=1S/C26H30N2O3S2/c1-20-10-13-23(14-11-20)19-32-16-15-27-26(29)18-28(25-17-21(2)9-12-22(25)3)33(30,31)24-7-5-4-6-8-24/h4-14,17H,15-16,18-19H2,1-3H3,(H,27,29). The van der Waals surface area contributed by atoms with Gasteiger partial charge in [-0.25, -0.2) is 8.42 Å². The van der Waals surface area contributed by atoms with Crippen LogP contribution in [-0.2, 0) is 20.6 Å². The lowest BCUT2D eigenvalue weighted by Gasteiger charge is -2.26. The van der Waals surface area contributed by atoms with Crippen LogP contribution < -0.4 is 9.62 Å². The number of carbonyl (C=O) groups excluding carboxylic acids is 1. The number of nitrogens with one attached hydrogen (secondary N) is 1. The average Bonchev–Trinajstić information content (AvgIpc) is 2.80. The van der Waals surface area contributed by atoms with Gasteiger partial charge in [0.2, 0.25) is 5.91 Å². The van der Waals surface area contributed by atoms with Crippen molar-refractivity contribution in [2.75, 3.05) is 23.1 Å². The summed E-state index contributed by atoms with van der Waals surface area (Å²) in [7, 11) is -3.90. The lowest BCUT2D eigenvalue weighted by Crippen LogP contribution is -2.41. The van der Waals surface area contributed by atoms with Gasteiger partial charge in [-0.2, -0.15) is 11.8 Å². The molecule has 0 aliphatic carbocycles. The SMILES string of the molecule is Cc1ccc(CSCCNC(=O)CN(c2cc(C)ccc2C)S(=O)(=O)c2ccccc2)cc1. The highest BCUT2D eigenvalue weighted by atomic mass is 32.2. The van der Waals surface area contributed by atoms with E-state index < -0.39 is 10.0 Å². The van der Waals surface area contributed by atoms with E-state index in [-0.39, 0.29) is 17.3 Å². The molecule has 0 saturated carbocycles. The van der Waals surface area contributed by atoms with E-state index in [2.05, 4.69) is 36.5 Å². The van der Waals surface area contributed by atoms with Gasteiger partial charge in [-0.1, -0.05) is 60.2 Å². The van der Waals surface area contributed by atoms with Crippen LogP contribution in [0.1, 0.15) is 22.3 Å². The third-order valence-electron chi connectivity index (χ3n) is 5.21. The first-order valence-corrected chi connectivity index (χ1v) is 13.4. The van der Waals surface area contributed by atoms with Gasteiger partial charge in [-0.15, -0.1) is 0 Å². The number of anilines is 1. The zero-order chi connectivity index (χ0) is 23.8. The first-order chi connectivity index (χ1) is 15.8. The maximum absolute atomic E-state index is 13.4.